The third-order valence-corrected chi connectivity index (χ3v) is 4.04. The summed E-state index contributed by atoms with van der Waals surface area (Å²) in [7, 11) is 3.23. The molecule has 27 heavy (non-hydrogen) atoms. The van der Waals surface area contributed by atoms with E-state index in [2.05, 4.69) is 29.6 Å². The lowest BCUT2D eigenvalue weighted by Gasteiger charge is -2.09. The van der Waals surface area contributed by atoms with Crippen LogP contribution in [0.1, 0.15) is 24.0 Å². The molecule has 2 aromatic carbocycles. The van der Waals surface area contributed by atoms with Gasteiger partial charge in [0.2, 0.25) is 5.91 Å². The SMILES string of the molecule is COc1ccc(CCNC(=O)/C=C/CC/C=C\c2ccccc2)cc1OC. The Morgan fingerprint density at radius 1 is 0.963 bits per heavy atom. The third-order valence-electron chi connectivity index (χ3n) is 4.04. The van der Waals surface area contributed by atoms with E-state index in [4.69, 9.17) is 9.47 Å². The second kappa shape index (κ2) is 11.6. The average Bonchev–Trinajstić information content (AvgIpc) is 2.71. The van der Waals surface area contributed by atoms with E-state index in [0.717, 1.165) is 24.8 Å². The predicted octanol–water partition coefficient (Wildman–Crippen LogP) is 4.41. The summed E-state index contributed by atoms with van der Waals surface area (Å²) in [6.07, 6.45) is 10.2. The maximum absolute atomic E-state index is 11.9. The van der Waals surface area contributed by atoms with Crippen molar-refractivity contribution < 1.29 is 14.3 Å². The number of allylic oxidation sites excluding steroid dienone is 2. The smallest absolute Gasteiger partial charge is 0.243 e. The Morgan fingerprint density at radius 2 is 1.70 bits per heavy atom. The van der Waals surface area contributed by atoms with Crippen LogP contribution in [0.5, 0.6) is 11.5 Å². The number of ether oxygens (including phenoxy) is 2. The highest BCUT2D eigenvalue weighted by Crippen LogP contribution is 2.27. The molecule has 0 atom stereocenters. The van der Waals surface area contributed by atoms with Gasteiger partial charge in [0.15, 0.2) is 11.5 Å². The molecule has 0 heterocycles. The zero-order chi connectivity index (χ0) is 19.3. The van der Waals surface area contributed by atoms with Gasteiger partial charge in [0.05, 0.1) is 14.2 Å². The fraction of sp³-hybridized carbons (Fsp3) is 0.261. The first kappa shape index (κ1) is 20.3. The van der Waals surface area contributed by atoms with Crippen molar-refractivity contribution in [2.45, 2.75) is 19.3 Å². The van der Waals surface area contributed by atoms with Crippen LogP contribution in [-0.2, 0) is 11.2 Å². The molecule has 0 aliphatic carbocycles. The van der Waals surface area contributed by atoms with Crippen molar-refractivity contribution in [2.75, 3.05) is 20.8 Å². The second-order valence-electron chi connectivity index (χ2n) is 6.02. The molecule has 0 aromatic heterocycles. The molecule has 4 nitrogen and oxygen atoms in total. The van der Waals surface area contributed by atoms with E-state index in [-0.39, 0.29) is 5.91 Å². The first-order valence-electron chi connectivity index (χ1n) is 9.10. The molecule has 1 amide bonds. The topological polar surface area (TPSA) is 47.6 Å². The van der Waals surface area contributed by atoms with Crippen LogP contribution in [0, 0.1) is 0 Å². The summed E-state index contributed by atoms with van der Waals surface area (Å²) in [4.78, 5) is 11.9. The Kier molecular flexibility index (Phi) is 8.70. The Morgan fingerprint density at radius 3 is 2.44 bits per heavy atom. The minimum Gasteiger partial charge on any atom is -0.493 e. The van der Waals surface area contributed by atoms with Crippen molar-refractivity contribution in [1.82, 2.24) is 5.32 Å². The number of methoxy groups -OCH3 is 2. The predicted molar refractivity (Wildman–Crippen MR) is 110 cm³/mol. The molecule has 0 unspecified atom stereocenters. The molecule has 1 N–H and O–H groups in total. The van der Waals surface area contributed by atoms with Gasteiger partial charge in [0.1, 0.15) is 0 Å². The van der Waals surface area contributed by atoms with E-state index in [0.29, 0.717) is 18.0 Å². The fourth-order valence-electron chi connectivity index (χ4n) is 2.59. The number of unbranched alkanes of at least 4 members (excludes halogenated alkanes) is 1. The summed E-state index contributed by atoms with van der Waals surface area (Å²) >= 11 is 0. The van der Waals surface area contributed by atoms with E-state index in [1.807, 2.05) is 42.5 Å². The Bertz CT molecular complexity index is 766. The highest BCUT2D eigenvalue weighted by molar-refractivity contribution is 5.87. The van der Waals surface area contributed by atoms with Crippen LogP contribution in [0.4, 0.5) is 0 Å². The average molecular weight is 365 g/mol. The van der Waals surface area contributed by atoms with Gasteiger partial charge in [-0.05, 0) is 48.6 Å². The molecule has 2 aromatic rings. The van der Waals surface area contributed by atoms with Gasteiger partial charge in [0.25, 0.3) is 0 Å². The molecule has 0 radical (unpaired) electrons. The highest BCUT2D eigenvalue weighted by atomic mass is 16.5. The highest BCUT2D eigenvalue weighted by Gasteiger charge is 2.04. The molecular weight excluding hydrogens is 338 g/mol. The molecule has 0 saturated heterocycles. The van der Waals surface area contributed by atoms with Crippen LogP contribution < -0.4 is 14.8 Å². The van der Waals surface area contributed by atoms with Crippen LogP contribution in [-0.4, -0.2) is 26.7 Å². The number of benzene rings is 2. The van der Waals surface area contributed by atoms with Gasteiger partial charge in [-0.3, -0.25) is 4.79 Å². The van der Waals surface area contributed by atoms with E-state index in [9.17, 15) is 4.79 Å². The molecule has 0 aliphatic heterocycles. The molecule has 0 fully saturated rings. The van der Waals surface area contributed by atoms with Crippen LogP contribution in [0.25, 0.3) is 6.08 Å². The lowest BCUT2D eigenvalue weighted by atomic mass is 10.1. The molecule has 0 spiro atoms. The van der Waals surface area contributed by atoms with Crippen molar-refractivity contribution in [3.8, 4) is 11.5 Å². The summed E-state index contributed by atoms with van der Waals surface area (Å²) in [5.41, 5.74) is 2.28. The molecular formula is C23H27NO3. The van der Waals surface area contributed by atoms with Crippen LogP contribution in [0.3, 0.4) is 0 Å². The number of amides is 1. The van der Waals surface area contributed by atoms with Gasteiger partial charge in [-0.15, -0.1) is 0 Å². The maximum atomic E-state index is 11.9. The van der Waals surface area contributed by atoms with Gasteiger partial charge in [0, 0.05) is 6.54 Å². The van der Waals surface area contributed by atoms with Gasteiger partial charge >= 0.3 is 0 Å². The zero-order valence-corrected chi connectivity index (χ0v) is 16.0. The number of hydrogen-bond acceptors (Lipinski definition) is 3. The number of hydrogen-bond donors (Lipinski definition) is 1. The first-order valence-corrected chi connectivity index (χ1v) is 9.10. The molecule has 0 aliphatic rings. The lowest BCUT2D eigenvalue weighted by molar-refractivity contribution is -0.116. The molecule has 2 rings (SSSR count). The van der Waals surface area contributed by atoms with E-state index < -0.39 is 0 Å². The van der Waals surface area contributed by atoms with E-state index >= 15 is 0 Å². The Hall–Kier alpha value is -3.01. The van der Waals surface area contributed by atoms with Crippen molar-refractivity contribution in [1.29, 1.82) is 0 Å². The minimum atomic E-state index is -0.0671. The van der Waals surface area contributed by atoms with Crippen LogP contribution in [0.15, 0.2) is 66.8 Å². The van der Waals surface area contributed by atoms with Crippen molar-refractivity contribution in [3.63, 3.8) is 0 Å². The quantitative estimate of drug-likeness (QED) is 0.501. The van der Waals surface area contributed by atoms with Gasteiger partial charge in [-0.1, -0.05) is 54.6 Å². The Labute approximate surface area is 161 Å². The molecule has 142 valence electrons. The van der Waals surface area contributed by atoms with Gasteiger partial charge in [-0.25, -0.2) is 0 Å². The fourth-order valence-corrected chi connectivity index (χ4v) is 2.59. The monoisotopic (exact) mass is 365 g/mol. The number of carbonyl (C=O) groups excluding carboxylic acids is 1. The third kappa shape index (κ3) is 7.40. The summed E-state index contributed by atoms with van der Waals surface area (Å²) in [6.45, 7) is 0.576. The lowest BCUT2D eigenvalue weighted by Crippen LogP contribution is -2.23. The first-order chi connectivity index (χ1) is 13.2. The van der Waals surface area contributed by atoms with Crippen LogP contribution in [0.2, 0.25) is 0 Å². The van der Waals surface area contributed by atoms with Crippen LogP contribution >= 0.6 is 0 Å². The summed E-state index contributed by atoms with van der Waals surface area (Å²) in [5.74, 6) is 1.34. The van der Waals surface area contributed by atoms with Gasteiger partial charge < -0.3 is 14.8 Å². The molecule has 0 bridgehead atoms. The van der Waals surface area contributed by atoms with Crippen molar-refractivity contribution in [2.24, 2.45) is 0 Å². The summed E-state index contributed by atoms with van der Waals surface area (Å²) in [5, 5.41) is 2.90. The van der Waals surface area contributed by atoms with Gasteiger partial charge in [-0.2, -0.15) is 0 Å². The van der Waals surface area contributed by atoms with Crippen molar-refractivity contribution >= 4 is 12.0 Å². The largest absolute Gasteiger partial charge is 0.493 e. The minimum absolute atomic E-state index is 0.0671. The zero-order valence-electron chi connectivity index (χ0n) is 16.0. The number of nitrogens with one attached hydrogen (secondary N) is 1. The van der Waals surface area contributed by atoms with E-state index in [1.54, 1.807) is 20.3 Å². The summed E-state index contributed by atoms with van der Waals surface area (Å²) < 4.78 is 10.5. The van der Waals surface area contributed by atoms with Crippen molar-refractivity contribution in [3.05, 3.63) is 77.9 Å². The molecule has 4 heteroatoms. The standard InChI is InChI=1S/C23H27NO3/c1-26-21-15-14-20(18-22(21)27-2)16-17-24-23(25)13-9-4-3-6-10-19-11-7-5-8-12-19/h5-15,18H,3-4,16-17H2,1-2H3,(H,24,25)/b10-6-,13-9+. The van der Waals surface area contributed by atoms with E-state index in [1.165, 1.54) is 5.56 Å². The molecule has 0 saturated carbocycles. The Balaban J connectivity index is 1.65. The number of carbonyl (C=O) groups is 1. The maximum Gasteiger partial charge on any atom is 0.243 e. The summed E-state index contributed by atoms with van der Waals surface area (Å²) in [6, 6.07) is 16.0. The second-order valence-corrected chi connectivity index (χ2v) is 6.02. The normalized spacial score (nSPS) is 11.0. The number of rotatable bonds is 10.